The molecule has 234 valence electrons. The average Bonchev–Trinajstić information content (AvgIpc) is 3.21. The van der Waals surface area contributed by atoms with Gasteiger partial charge in [-0.15, -0.1) is 0 Å². The number of hydrogen-bond donors (Lipinski definition) is 0. The fourth-order valence-corrected chi connectivity index (χ4v) is 6.72. The summed E-state index contributed by atoms with van der Waals surface area (Å²) in [7, 11) is 0. The van der Waals surface area contributed by atoms with Crippen molar-refractivity contribution < 1.29 is 0 Å². The molecular formula is C47H31N3. The zero-order valence-electron chi connectivity index (χ0n) is 27.2. The van der Waals surface area contributed by atoms with Crippen molar-refractivity contribution in [3.63, 3.8) is 0 Å². The third-order valence-corrected chi connectivity index (χ3v) is 9.29. The third kappa shape index (κ3) is 5.72. The fraction of sp³-hybridized carbons (Fsp3) is 0. The first kappa shape index (κ1) is 29.4. The van der Waals surface area contributed by atoms with Crippen LogP contribution in [0.5, 0.6) is 0 Å². The Bertz CT molecular complexity index is 2580. The molecule has 9 rings (SSSR count). The van der Waals surface area contributed by atoms with Gasteiger partial charge in [-0.2, -0.15) is 0 Å². The maximum Gasteiger partial charge on any atom is 0.164 e. The van der Waals surface area contributed by atoms with E-state index < -0.39 is 0 Å². The lowest BCUT2D eigenvalue weighted by atomic mass is 9.94. The molecule has 9 aromatic rings. The van der Waals surface area contributed by atoms with Gasteiger partial charge in [-0.25, -0.2) is 15.0 Å². The van der Waals surface area contributed by atoms with Crippen LogP contribution in [0, 0.1) is 0 Å². The molecule has 0 amide bonds. The summed E-state index contributed by atoms with van der Waals surface area (Å²) in [6.45, 7) is 0. The van der Waals surface area contributed by atoms with Crippen LogP contribution < -0.4 is 0 Å². The standard InChI is InChI=1S/C47H31N3/c1-3-13-33(14-4-1)45-48-46(34-15-5-2-6-16-34)50-47(49-45)42-21-10-19-36(31-42)38-25-27-39-28-37(24-26-40(39)29-38)35-18-9-20-41(30-35)44-23-11-17-32-12-7-8-22-43(32)44/h1-31H. The summed E-state index contributed by atoms with van der Waals surface area (Å²) in [5.74, 6) is 1.96. The molecule has 0 aliphatic carbocycles. The smallest absolute Gasteiger partial charge is 0.164 e. The zero-order chi connectivity index (χ0) is 33.3. The first-order valence-corrected chi connectivity index (χ1v) is 16.9. The van der Waals surface area contributed by atoms with Crippen molar-refractivity contribution in [3.05, 3.63) is 188 Å². The van der Waals surface area contributed by atoms with Crippen molar-refractivity contribution >= 4 is 21.5 Å². The van der Waals surface area contributed by atoms with E-state index in [4.69, 9.17) is 15.0 Å². The Morgan fingerprint density at radius 1 is 0.240 bits per heavy atom. The average molecular weight is 638 g/mol. The second kappa shape index (κ2) is 12.7. The van der Waals surface area contributed by atoms with Gasteiger partial charge in [-0.1, -0.05) is 164 Å². The van der Waals surface area contributed by atoms with Gasteiger partial charge in [-0.05, 0) is 79.2 Å². The lowest BCUT2D eigenvalue weighted by Crippen LogP contribution is -2.00. The van der Waals surface area contributed by atoms with Crippen LogP contribution >= 0.6 is 0 Å². The zero-order valence-corrected chi connectivity index (χ0v) is 27.2. The molecule has 0 bridgehead atoms. The van der Waals surface area contributed by atoms with Gasteiger partial charge in [0.1, 0.15) is 0 Å². The van der Waals surface area contributed by atoms with E-state index in [1.807, 2.05) is 60.7 Å². The fourth-order valence-electron chi connectivity index (χ4n) is 6.72. The highest BCUT2D eigenvalue weighted by Crippen LogP contribution is 2.34. The molecule has 0 N–H and O–H groups in total. The van der Waals surface area contributed by atoms with Gasteiger partial charge in [-0.3, -0.25) is 0 Å². The second-order valence-corrected chi connectivity index (χ2v) is 12.5. The van der Waals surface area contributed by atoms with Gasteiger partial charge in [0.2, 0.25) is 0 Å². The van der Waals surface area contributed by atoms with Gasteiger partial charge in [0.25, 0.3) is 0 Å². The van der Waals surface area contributed by atoms with E-state index in [-0.39, 0.29) is 0 Å². The van der Waals surface area contributed by atoms with Crippen LogP contribution in [-0.2, 0) is 0 Å². The molecule has 1 aromatic heterocycles. The molecule has 3 heteroatoms. The summed E-state index contributed by atoms with van der Waals surface area (Å²) in [6, 6.07) is 66.1. The van der Waals surface area contributed by atoms with Crippen LogP contribution in [0.1, 0.15) is 0 Å². The van der Waals surface area contributed by atoms with Gasteiger partial charge < -0.3 is 0 Å². The molecule has 0 fully saturated rings. The SMILES string of the molecule is c1ccc(-c2nc(-c3ccccc3)nc(-c3cccc(-c4ccc5cc(-c6cccc(-c7cccc8ccccc78)c6)ccc5c4)c3)n2)cc1. The highest BCUT2D eigenvalue weighted by molar-refractivity contribution is 5.98. The Labute approximate surface area is 291 Å². The van der Waals surface area contributed by atoms with Crippen molar-refractivity contribution in [1.29, 1.82) is 0 Å². The van der Waals surface area contributed by atoms with E-state index in [0.29, 0.717) is 17.5 Å². The predicted molar refractivity (Wildman–Crippen MR) is 207 cm³/mol. The summed E-state index contributed by atoms with van der Waals surface area (Å²) in [4.78, 5) is 14.7. The van der Waals surface area contributed by atoms with Crippen molar-refractivity contribution in [1.82, 2.24) is 15.0 Å². The lowest BCUT2D eigenvalue weighted by Gasteiger charge is -2.11. The Morgan fingerprint density at radius 3 is 1.28 bits per heavy atom. The molecule has 0 unspecified atom stereocenters. The molecular weight excluding hydrogens is 607 g/mol. The predicted octanol–water partition coefficient (Wildman–Crippen LogP) is 12.2. The van der Waals surface area contributed by atoms with Crippen LogP contribution in [0.25, 0.3) is 89.1 Å². The minimum absolute atomic E-state index is 0.649. The van der Waals surface area contributed by atoms with Gasteiger partial charge in [0, 0.05) is 16.7 Å². The van der Waals surface area contributed by atoms with Crippen LogP contribution in [0.15, 0.2) is 188 Å². The van der Waals surface area contributed by atoms with Gasteiger partial charge >= 0.3 is 0 Å². The molecule has 3 nitrogen and oxygen atoms in total. The van der Waals surface area contributed by atoms with E-state index >= 15 is 0 Å². The summed E-state index contributed by atoms with van der Waals surface area (Å²) in [5.41, 5.74) is 9.99. The summed E-state index contributed by atoms with van der Waals surface area (Å²) < 4.78 is 0. The third-order valence-electron chi connectivity index (χ3n) is 9.29. The Hall–Kier alpha value is -6.71. The van der Waals surface area contributed by atoms with Crippen LogP contribution in [-0.4, -0.2) is 15.0 Å². The topological polar surface area (TPSA) is 38.7 Å². The van der Waals surface area contributed by atoms with Crippen molar-refractivity contribution in [2.75, 3.05) is 0 Å². The maximum absolute atomic E-state index is 4.94. The summed E-state index contributed by atoms with van der Waals surface area (Å²) in [6.07, 6.45) is 0. The summed E-state index contributed by atoms with van der Waals surface area (Å²) >= 11 is 0. The quantitative estimate of drug-likeness (QED) is 0.182. The van der Waals surface area contributed by atoms with Gasteiger partial charge in [0.15, 0.2) is 17.5 Å². The lowest BCUT2D eigenvalue weighted by molar-refractivity contribution is 1.07. The number of rotatable bonds is 6. The number of nitrogens with zero attached hydrogens (tertiary/aromatic N) is 3. The molecule has 0 saturated heterocycles. The monoisotopic (exact) mass is 637 g/mol. The first-order chi connectivity index (χ1) is 24.7. The Morgan fingerprint density at radius 2 is 0.660 bits per heavy atom. The molecule has 0 aliphatic rings. The maximum atomic E-state index is 4.94. The highest BCUT2D eigenvalue weighted by Gasteiger charge is 2.13. The normalized spacial score (nSPS) is 11.2. The van der Waals surface area contributed by atoms with Crippen molar-refractivity contribution in [2.45, 2.75) is 0 Å². The number of aromatic nitrogens is 3. The minimum Gasteiger partial charge on any atom is -0.208 e. The van der Waals surface area contributed by atoms with E-state index in [1.54, 1.807) is 0 Å². The van der Waals surface area contributed by atoms with Crippen LogP contribution in [0.4, 0.5) is 0 Å². The van der Waals surface area contributed by atoms with E-state index in [1.165, 1.54) is 43.8 Å². The molecule has 8 aromatic carbocycles. The second-order valence-electron chi connectivity index (χ2n) is 12.5. The largest absolute Gasteiger partial charge is 0.208 e. The number of hydrogen-bond acceptors (Lipinski definition) is 3. The van der Waals surface area contributed by atoms with Crippen LogP contribution in [0.2, 0.25) is 0 Å². The summed E-state index contributed by atoms with van der Waals surface area (Å²) in [5, 5.41) is 4.92. The molecule has 0 spiro atoms. The van der Waals surface area contributed by atoms with E-state index in [0.717, 1.165) is 27.8 Å². The van der Waals surface area contributed by atoms with Crippen LogP contribution in [0.3, 0.4) is 0 Å². The molecule has 0 saturated carbocycles. The number of fused-ring (bicyclic) bond motifs is 2. The molecule has 0 aliphatic heterocycles. The molecule has 0 radical (unpaired) electrons. The molecule has 50 heavy (non-hydrogen) atoms. The highest BCUT2D eigenvalue weighted by atomic mass is 15.0. The van der Waals surface area contributed by atoms with E-state index in [9.17, 15) is 0 Å². The number of benzene rings is 8. The Balaban J connectivity index is 1.05. The molecule has 1 heterocycles. The Kier molecular flexibility index (Phi) is 7.49. The van der Waals surface area contributed by atoms with Crippen molar-refractivity contribution in [3.8, 4) is 67.5 Å². The van der Waals surface area contributed by atoms with Gasteiger partial charge in [0.05, 0.1) is 0 Å². The molecule has 0 atom stereocenters. The first-order valence-electron chi connectivity index (χ1n) is 16.9. The van der Waals surface area contributed by atoms with E-state index in [2.05, 4.69) is 127 Å². The minimum atomic E-state index is 0.649. The van der Waals surface area contributed by atoms with Crippen molar-refractivity contribution in [2.24, 2.45) is 0 Å².